The predicted molar refractivity (Wildman–Crippen MR) is 105 cm³/mol. The van der Waals surface area contributed by atoms with E-state index in [0.29, 0.717) is 6.54 Å². The summed E-state index contributed by atoms with van der Waals surface area (Å²) in [4.78, 5) is 4.33. The number of hydrogen-bond acceptors (Lipinski definition) is 3. The van der Waals surface area contributed by atoms with Crippen molar-refractivity contribution in [1.82, 2.24) is 10.6 Å². The average molecular weight is 368 g/mol. The zero-order valence-corrected chi connectivity index (χ0v) is 16.5. The molecule has 0 saturated carbocycles. The molecule has 1 aromatic rings. The fourth-order valence-corrected chi connectivity index (χ4v) is 3.77. The van der Waals surface area contributed by atoms with Crippen LogP contribution in [0.5, 0.6) is 0 Å². The Labute approximate surface area is 155 Å². The van der Waals surface area contributed by atoms with Gasteiger partial charge in [0.25, 0.3) is 0 Å². The van der Waals surface area contributed by atoms with Crippen LogP contribution in [-0.2, 0) is 10.2 Å². The number of ether oxygens (including phenoxy) is 1. The summed E-state index contributed by atoms with van der Waals surface area (Å²) in [5.74, 6) is 0.582. The largest absolute Gasteiger partial charge is 0.381 e. The lowest BCUT2D eigenvalue weighted by Crippen LogP contribution is -2.49. The van der Waals surface area contributed by atoms with E-state index in [4.69, 9.17) is 4.74 Å². The maximum Gasteiger partial charge on any atom is 0.191 e. The van der Waals surface area contributed by atoms with Gasteiger partial charge in [-0.15, -0.1) is 0 Å². The summed E-state index contributed by atoms with van der Waals surface area (Å²) in [7, 11) is 1.78. The monoisotopic (exact) mass is 367 g/mol. The molecule has 0 bridgehead atoms. The van der Waals surface area contributed by atoms with Crippen LogP contribution in [0.4, 0.5) is 4.39 Å². The van der Waals surface area contributed by atoms with Crippen molar-refractivity contribution in [2.24, 2.45) is 4.99 Å². The van der Waals surface area contributed by atoms with Gasteiger partial charge in [0.1, 0.15) is 5.82 Å². The van der Waals surface area contributed by atoms with Gasteiger partial charge >= 0.3 is 0 Å². The van der Waals surface area contributed by atoms with Crippen LogP contribution < -0.4 is 10.6 Å². The summed E-state index contributed by atoms with van der Waals surface area (Å²) in [5, 5.41) is 6.84. The van der Waals surface area contributed by atoms with Crippen molar-refractivity contribution in [2.75, 3.05) is 39.6 Å². The van der Waals surface area contributed by atoms with Gasteiger partial charge in [-0.1, -0.05) is 26.0 Å². The first-order valence-corrected chi connectivity index (χ1v) is 9.97. The summed E-state index contributed by atoms with van der Waals surface area (Å²) in [6.45, 7) is 7.37. The predicted octanol–water partition coefficient (Wildman–Crippen LogP) is 3.18. The number of aliphatic imine (C=N–C) groups is 1. The molecular formula is C19H30FN3OS. The van der Waals surface area contributed by atoms with Gasteiger partial charge in [0.2, 0.25) is 0 Å². The highest BCUT2D eigenvalue weighted by molar-refractivity contribution is 8.00. The lowest BCUT2D eigenvalue weighted by Gasteiger charge is -2.36. The Hall–Kier alpha value is -1.27. The highest BCUT2D eigenvalue weighted by Crippen LogP contribution is 2.33. The number of rotatable bonds is 6. The zero-order chi connectivity index (χ0) is 18.3. The minimum atomic E-state index is -0.200. The molecule has 1 heterocycles. The Morgan fingerprint density at radius 3 is 2.64 bits per heavy atom. The SMILES string of the molecule is CN=C(NCC1(SC)CCOCC1)NCC(C)(C)c1cccc(F)c1. The molecule has 4 nitrogen and oxygen atoms in total. The Balaban J connectivity index is 1.91. The van der Waals surface area contributed by atoms with E-state index in [-0.39, 0.29) is 16.0 Å². The van der Waals surface area contributed by atoms with Crippen LogP contribution in [0.15, 0.2) is 29.3 Å². The molecule has 1 aromatic carbocycles. The van der Waals surface area contributed by atoms with Crippen LogP contribution in [0.1, 0.15) is 32.3 Å². The van der Waals surface area contributed by atoms with Gasteiger partial charge < -0.3 is 15.4 Å². The second-order valence-corrected chi connectivity index (χ2v) is 8.45. The number of halogens is 1. The van der Waals surface area contributed by atoms with Gasteiger partial charge in [-0.3, -0.25) is 4.99 Å². The number of thioether (sulfide) groups is 1. The lowest BCUT2D eigenvalue weighted by molar-refractivity contribution is 0.0783. The molecule has 2 N–H and O–H groups in total. The fraction of sp³-hybridized carbons (Fsp3) is 0.632. The van der Waals surface area contributed by atoms with Crippen molar-refractivity contribution in [3.8, 4) is 0 Å². The molecule has 0 unspecified atom stereocenters. The molecule has 1 aliphatic rings. The van der Waals surface area contributed by atoms with E-state index in [1.54, 1.807) is 19.2 Å². The molecule has 2 rings (SSSR count). The first-order valence-electron chi connectivity index (χ1n) is 8.74. The van der Waals surface area contributed by atoms with Gasteiger partial charge in [-0.25, -0.2) is 4.39 Å². The van der Waals surface area contributed by atoms with Crippen molar-refractivity contribution in [2.45, 2.75) is 36.9 Å². The Morgan fingerprint density at radius 1 is 1.32 bits per heavy atom. The molecule has 0 aromatic heterocycles. The van der Waals surface area contributed by atoms with Gasteiger partial charge in [0.05, 0.1) is 0 Å². The van der Waals surface area contributed by atoms with Crippen LogP contribution in [0.2, 0.25) is 0 Å². The Bertz CT molecular complexity index is 586. The summed E-state index contributed by atoms with van der Waals surface area (Å²) in [6, 6.07) is 6.80. The number of benzene rings is 1. The molecule has 0 aliphatic carbocycles. The average Bonchev–Trinajstić information content (AvgIpc) is 2.62. The van der Waals surface area contributed by atoms with E-state index >= 15 is 0 Å². The second kappa shape index (κ2) is 8.90. The minimum absolute atomic E-state index is 0.199. The number of hydrogen-bond donors (Lipinski definition) is 2. The highest BCUT2D eigenvalue weighted by atomic mass is 32.2. The maximum atomic E-state index is 13.5. The zero-order valence-electron chi connectivity index (χ0n) is 15.7. The van der Waals surface area contributed by atoms with Gasteiger partial charge in [0.15, 0.2) is 5.96 Å². The second-order valence-electron chi connectivity index (χ2n) is 7.17. The summed E-state index contributed by atoms with van der Waals surface area (Å²) < 4.78 is 19.2. The van der Waals surface area contributed by atoms with E-state index in [0.717, 1.165) is 44.1 Å². The third kappa shape index (κ3) is 5.61. The minimum Gasteiger partial charge on any atom is -0.381 e. The molecular weight excluding hydrogens is 337 g/mol. The smallest absolute Gasteiger partial charge is 0.191 e. The summed E-state index contributed by atoms with van der Waals surface area (Å²) in [5.41, 5.74) is 0.774. The topological polar surface area (TPSA) is 45.7 Å². The molecule has 0 spiro atoms. The number of guanidine groups is 1. The maximum absolute atomic E-state index is 13.5. The molecule has 0 amide bonds. The van der Waals surface area contributed by atoms with E-state index in [1.165, 1.54) is 6.07 Å². The number of nitrogens with one attached hydrogen (secondary N) is 2. The van der Waals surface area contributed by atoms with Gasteiger partial charge in [-0.2, -0.15) is 11.8 Å². The third-order valence-corrected chi connectivity index (χ3v) is 6.36. The van der Waals surface area contributed by atoms with E-state index in [2.05, 4.69) is 35.7 Å². The van der Waals surface area contributed by atoms with E-state index < -0.39 is 0 Å². The van der Waals surface area contributed by atoms with Crippen molar-refractivity contribution < 1.29 is 9.13 Å². The van der Waals surface area contributed by atoms with Crippen LogP contribution >= 0.6 is 11.8 Å². The number of nitrogens with zero attached hydrogens (tertiary/aromatic N) is 1. The molecule has 140 valence electrons. The van der Waals surface area contributed by atoms with E-state index in [1.807, 2.05) is 17.8 Å². The highest BCUT2D eigenvalue weighted by Gasteiger charge is 2.32. The van der Waals surface area contributed by atoms with Gasteiger partial charge in [-0.05, 0) is 36.8 Å². The first kappa shape index (κ1) is 20.0. The molecule has 25 heavy (non-hydrogen) atoms. The Morgan fingerprint density at radius 2 is 2.04 bits per heavy atom. The standard InChI is InChI=1S/C19H30FN3OS/c1-18(2,15-6-5-7-16(20)12-15)13-22-17(21-3)23-14-19(25-4)8-10-24-11-9-19/h5-7,12H,8-11,13-14H2,1-4H3,(H2,21,22,23). The normalized spacial score (nSPS) is 18.0. The first-order chi connectivity index (χ1) is 11.9. The van der Waals surface area contributed by atoms with Crippen molar-refractivity contribution in [3.63, 3.8) is 0 Å². The lowest BCUT2D eigenvalue weighted by atomic mass is 9.84. The molecule has 1 aliphatic heterocycles. The molecule has 1 saturated heterocycles. The molecule has 0 atom stereocenters. The van der Waals surface area contributed by atoms with Crippen molar-refractivity contribution in [3.05, 3.63) is 35.6 Å². The third-order valence-electron chi connectivity index (χ3n) is 4.94. The Kier molecular flexibility index (Phi) is 7.14. The van der Waals surface area contributed by atoms with Crippen molar-refractivity contribution >= 4 is 17.7 Å². The fourth-order valence-electron chi connectivity index (χ4n) is 2.98. The quantitative estimate of drug-likeness (QED) is 0.599. The molecule has 1 fully saturated rings. The summed E-state index contributed by atoms with van der Waals surface area (Å²) in [6.07, 6.45) is 4.26. The van der Waals surface area contributed by atoms with Crippen LogP contribution in [0.25, 0.3) is 0 Å². The van der Waals surface area contributed by atoms with E-state index in [9.17, 15) is 4.39 Å². The van der Waals surface area contributed by atoms with Crippen LogP contribution in [0.3, 0.4) is 0 Å². The summed E-state index contributed by atoms with van der Waals surface area (Å²) >= 11 is 1.90. The van der Waals surface area contributed by atoms with Gasteiger partial charge in [0, 0.05) is 43.5 Å². The van der Waals surface area contributed by atoms with Crippen LogP contribution in [0, 0.1) is 5.82 Å². The molecule has 0 radical (unpaired) electrons. The van der Waals surface area contributed by atoms with Crippen molar-refractivity contribution in [1.29, 1.82) is 0 Å². The molecule has 6 heteroatoms. The van der Waals surface area contributed by atoms with Crippen LogP contribution in [-0.4, -0.2) is 50.3 Å².